The molecule has 0 saturated heterocycles. The number of aryl methyl sites for hydroxylation is 4. The summed E-state index contributed by atoms with van der Waals surface area (Å²) in [6.45, 7) is 8.29. The second-order valence-electron chi connectivity index (χ2n) is 21.5. The molecule has 1 heterocycles. The van der Waals surface area contributed by atoms with Crippen molar-refractivity contribution in [2.24, 2.45) is 11.5 Å². The van der Waals surface area contributed by atoms with Crippen molar-refractivity contribution in [1.82, 2.24) is 26.3 Å². The quantitative estimate of drug-likeness (QED) is 0.0187. The van der Waals surface area contributed by atoms with Gasteiger partial charge in [-0.1, -0.05) is 228 Å². The highest BCUT2D eigenvalue weighted by atomic mass is 31.0. The van der Waals surface area contributed by atoms with Crippen LogP contribution < -0.4 is 32.7 Å². The van der Waals surface area contributed by atoms with Crippen LogP contribution in [0.5, 0.6) is 0 Å². The van der Waals surface area contributed by atoms with Crippen molar-refractivity contribution in [1.29, 1.82) is 0 Å². The van der Waals surface area contributed by atoms with Gasteiger partial charge < -0.3 is 51.7 Å². The van der Waals surface area contributed by atoms with Gasteiger partial charge in [0.1, 0.15) is 24.2 Å². The predicted molar refractivity (Wildman–Crippen MR) is 405 cm³/mol. The molecule has 8 rings (SSSR count). The van der Waals surface area contributed by atoms with Gasteiger partial charge in [0.2, 0.25) is 0 Å². The van der Waals surface area contributed by atoms with E-state index in [0.717, 1.165) is 76.0 Å². The number of methoxy groups -OCH3 is 4. The van der Waals surface area contributed by atoms with Crippen LogP contribution in [0.1, 0.15) is 107 Å². The topological polar surface area (TPSA) is 252 Å². The number of benzene rings is 7. The molecule has 21 heteroatoms. The number of esters is 4. The molecule has 8 N–H and O–H groups in total. The summed E-state index contributed by atoms with van der Waals surface area (Å²) in [6, 6.07) is 64.3. The fraction of sp³-hybridized carbons (Fsp3) is 0.293. The molecule has 17 nitrogen and oxygen atoms in total. The lowest BCUT2D eigenvalue weighted by atomic mass is 9.99. The predicted octanol–water partition coefficient (Wildman–Crippen LogP) is 11.1. The van der Waals surface area contributed by atoms with Crippen LogP contribution in [-0.4, -0.2) is 93.5 Å². The summed E-state index contributed by atoms with van der Waals surface area (Å²) in [5.74, 6) is -1.73. The molecule has 4 amide bonds. The third kappa shape index (κ3) is 29.8. The van der Waals surface area contributed by atoms with Crippen LogP contribution in [0.25, 0.3) is 0 Å². The summed E-state index contributed by atoms with van der Waals surface area (Å²) in [4.78, 5) is 77.3. The van der Waals surface area contributed by atoms with Crippen LogP contribution in [0, 0.1) is 0 Å². The van der Waals surface area contributed by atoms with E-state index in [2.05, 4.69) is 80.8 Å². The Kier molecular flexibility index (Phi) is 42.5. The summed E-state index contributed by atoms with van der Waals surface area (Å²) in [6.07, 6.45) is 5.33. The van der Waals surface area contributed by atoms with Crippen LogP contribution >= 0.6 is 39.6 Å². The van der Waals surface area contributed by atoms with Crippen molar-refractivity contribution < 1.29 is 47.7 Å². The Bertz CT molecular complexity index is 3240. The van der Waals surface area contributed by atoms with Crippen molar-refractivity contribution >= 4 is 75.5 Å². The molecule has 7 aromatic carbocycles. The van der Waals surface area contributed by atoms with E-state index in [1.165, 1.54) is 45.1 Å². The lowest BCUT2D eigenvalue weighted by Crippen LogP contribution is -2.48. The maximum absolute atomic E-state index is 12.9. The first kappa shape index (κ1) is 85.8. The largest absolute Gasteiger partial charge is 0.468 e. The first-order chi connectivity index (χ1) is 44.5. The van der Waals surface area contributed by atoms with Gasteiger partial charge in [0.05, 0.1) is 40.5 Å². The maximum atomic E-state index is 12.9. The maximum Gasteiger partial charge on any atom is 0.328 e. The van der Waals surface area contributed by atoms with Gasteiger partial charge >= 0.3 is 35.9 Å². The van der Waals surface area contributed by atoms with Crippen LogP contribution in [-0.2, 0) is 89.5 Å². The van der Waals surface area contributed by atoms with Gasteiger partial charge in [0, 0.05) is 24.2 Å². The second-order valence-corrected chi connectivity index (χ2v) is 21.5. The van der Waals surface area contributed by atoms with Crippen molar-refractivity contribution in [3.63, 3.8) is 0 Å². The molecule has 96 heavy (non-hydrogen) atoms. The van der Waals surface area contributed by atoms with Gasteiger partial charge in [0.25, 0.3) is 0 Å². The van der Waals surface area contributed by atoms with Crippen LogP contribution in [0.3, 0.4) is 0 Å². The van der Waals surface area contributed by atoms with E-state index in [4.69, 9.17) is 20.9 Å². The summed E-state index contributed by atoms with van der Waals surface area (Å²) < 4.78 is 19.0. The standard InChI is InChI=1S/C26H28N2O3.C25H27N3O3.2C12H17NO2.4H3P/c1-3-19-11-10-12-20(17-19)18-23(25(29)31-2)27-26(30)28-24(21-13-6-4-7-14-21)22-15-8-5-9-16-22;1-3-20-15-10-16-21(26-20)17-22(24(29)31-2)27-25(30)28-23(18-11-6-4-7-12-18)19-13-8-5-9-14-19;2*1-3-9-5-4-6-10(7-9)8-11(13)12(14)15-2;;;;/h4-17,23-24H,3,18H2,1-2H3,(H2,27,28,30);4-16,22-23H,3,17H2,1-2H3,(H2,27,28,30);2*4-7,11H,3,8,13H2,1-2H3;4*1H3/t23-;22-;2*11-;;;;/m0000..../s1. The van der Waals surface area contributed by atoms with E-state index in [-0.39, 0.29) is 70.0 Å². The average molecular weight is 1380 g/mol. The molecule has 8 aromatic rings. The Labute approximate surface area is 581 Å². The fourth-order valence-electron chi connectivity index (χ4n) is 9.82. The highest BCUT2D eigenvalue weighted by molar-refractivity contribution is 6.92. The third-order valence-electron chi connectivity index (χ3n) is 14.9. The van der Waals surface area contributed by atoms with Crippen molar-refractivity contribution in [3.05, 3.63) is 279 Å². The SMILES string of the molecule is CCc1cccc(C[C@H](N)C(=O)OC)c1.CCc1cccc(C[C@H](N)C(=O)OC)c1.CCc1cccc(C[C@H](NC(=O)NC(c2ccccc2)c2ccccc2)C(=O)OC)c1.CCc1cccc(C[C@H](NC(=O)NC(c2ccccc2)c2ccccc2)C(=O)OC)n1.P.P.P.P. The number of carbonyl (C=O) groups is 6. The number of hydrogen-bond donors (Lipinski definition) is 6. The summed E-state index contributed by atoms with van der Waals surface area (Å²) in [5.41, 5.74) is 23.6. The van der Waals surface area contributed by atoms with Gasteiger partial charge in [-0.3, -0.25) is 14.6 Å². The minimum absolute atomic E-state index is 0. The van der Waals surface area contributed by atoms with Crippen LogP contribution in [0.4, 0.5) is 9.59 Å². The zero-order chi connectivity index (χ0) is 66.6. The van der Waals surface area contributed by atoms with E-state index in [0.29, 0.717) is 19.3 Å². The van der Waals surface area contributed by atoms with Crippen LogP contribution in [0.15, 0.2) is 212 Å². The normalized spacial score (nSPS) is 11.3. The van der Waals surface area contributed by atoms with Crippen molar-refractivity contribution in [3.8, 4) is 0 Å². The highest BCUT2D eigenvalue weighted by Crippen LogP contribution is 2.24. The number of nitrogens with one attached hydrogen (secondary N) is 4. The number of aromatic nitrogens is 1. The molecule has 0 fully saturated rings. The number of carbonyl (C=O) groups excluding carboxylic acids is 6. The van der Waals surface area contributed by atoms with Gasteiger partial charge in [0.15, 0.2) is 0 Å². The molecule has 516 valence electrons. The molecule has 8 atom stereocenters. The minimum Gasteiger partial charge on any atom is -0.468 e. The molecule has 0 radical (unpaired) electrons. The molecular weight excluding hydrogens is 1280 g/mol. The first-order valence-corrected chi connectivity index (χ1v) is 30.9. The summed E-state index contributed by atoms with van der Waals surface area (Å²) in [5, 5.41) is 11.6. The Hall–Kier alpha value is -8.25. The van der Waals surface area contributed by atoms with Crippen molar-refractivity contribution in [2.45, 2.75) is 115 Å². The molecule has 0 saturated carbocycles. The summed E-state index contributed by atoms with van der Waals surface area (Å²) in [7, 11) is 5.34. The van der Waals surface area contributed by atoms with E-state index >= 15 is 0 Å². The lowest BCUT2D eigenvalue weighted by molar-refractivity contribution is -0.143. The van der Waals surface area contributed by atoms with E-state index in [1.54, 1.807) is 0 Å². The molecule has 0 aliphatic rings. The van der Waals surface area contributed by atoms with Crippen LogP contribution in [0.2, 0.25) is 0 Å². The lowest BCUT2D eigenvalue weighted by Gasteiger charge is -2.23. The molecule has 4 unspecified atom stereocenters. The van der Waals surface area contributed by atoms with E-state index in [1.807, 2.05) is 195 Å². The number of urea groups is 2. The number of amides is 4. The molecule has 0 aliphatic carbocycles. The van der Waals surface area contributed by atoms with Gasteiger partial charge in [-0.15, -0.1) is 0 Å². The smallest absolute Gasteiger partial charge is 0.328 e. The van der Waals surface area contributed by atoms with E-state index < -0.39 is 48.2 Å². The number of nitrogens with two attached hydrogens (primary N) is 2. The minimum atomic E-state index is -0.850. The monoisotopic (exact) mass is 1380 g/mol. The Morgan fingerprint density at radius 3 is 0.917 bits per heavy atom. The number of pyridine rings is 1. The first-order valence-electron chi connectivity index (χ1n) is 30.9. The number of hydrogen-bond acceptors (Lipinski definition) is 13. The molecule has 1 aromatic heterocycles. The molecule has 0 aliphatic heterocycles. The van der Waals surface area contributed by atoms with E-state index in [9.17, 15) is 28.8 Å². The Morgan fingerprint density at radius 1 is 0.333 bits per heavy atom. The van der Waals surface area contributed by atoms with Gasteiger partial charge in [-0.05, 0) is 106 Å². The third-order valence-corrected chi connectivity index (χ3v) is 14.9. The number of ether oxygens (including phenoxy) is 4. The average Bonchev–Trinajstić information content (AvgIpc) is 0.869. The molecule has 0 spiro atoms. The van der Waals surface area contributed by atoms with Gasteiger partial charge in [-0.2, -0.15) is 39.6 Å². The zero-order valence-electron chi connectivity index (χ0n) is 56.8. The number of nitrogens with zero attached hydrogens (tertiary/aromatic N) is 1. The molecule has 0 bridgehead atoms. The fourth-order valence-corrected chi connectivity index (χ4v) is 9.82. The Balaban J connectivity index is 0.000000665. The highest BCUT2D eigenvalue weighted by Gasteiger charge is 2.27. The molecular formula is C75H101N7O10P4. The number of rotatable bonds is 24. The second kappa shape index (κ2) is 47.6. The zero-order valence-corrected chi connectivity index (χ0v) is 62.5. The van der Waals surface area contributed by atoms with Crippen molar-refractivity contribution in [2.75, 3.05) is 28.4 Å². The van der Waals surface area contributed by atoms with Gasteiger partial charge in [-0.25, -0.2) is 19.2 Å². The summed E-state index contributed by atoms with van der Waals surface area (Å²) >= 11 is 0. The Morgan fingerprint density at radius 2 is 0.615 bits per heavy atom.